The summed E-state index contributed by atoms with van der Waals surface area (Å²) >= 11 is 0. The zero-order valence-electron chi connectivity index (χ0n) is 13.4. The summed E-state index contributed by atoms with van der Waals surface area (Å²) < 4.78 is 5.76. The van der Waals surface area contributed by atoms with Gasteiger partial charge >= 0.3 is 0 Å². The minimum Gasteiger partial charge on any atom is -0.461 e. The van der Waals surface area contributed by atoms with Gasteiger partial charge in [-0.25, -0.2) is 4.98 Å². The molecule has 0 radical (unpaired) electrons. The molecule has 0 unspecified atom stereocenters. The number of anilines is 1. The van der Waals surface area contributed by atoms with E-state index in [1.54, 1.807) is 6.07 Å². The molecule has 7 heteroatoms. The fraction of sp³-hybridized carbons (Fsp3) is 0.0526. The molecule has 4 aromatic rings. The number of benzene rings is 2. The van der Waals surface area contributed by atoms with E-state index < -0.39 is 0 Å². The first-order valence-corrected chi connectivity index (χ1v) is 7.78. The summed E-state index contributed by atoms with van der Waals surface area (Å²) in [6, 6.07) is 17.3. The third-order valence-corrected chi connectivity index (χ3v) is 3.99. The molecular weight excluding hydrogens is 330 g/mol. The van der Waals surface area contributed by atoms with Crippen molar-refractivity contribution in [2.45, 2.75) is 6.42 Å². The number of rotatable bonds is 3. The van der Waals surface area contributed by atoms with Crippen molar-refractivity contribution in [3.05, 3.63) is 59.6 Å². The van der Waals surface area contributed by atoms with Crippen molar-refractivity contribution in [1.29, 1.82) is 10.5 Å². The smallest absolute Gasteiger partial charge is 0.234 e. The number of hydrogen-bond donors (Lipinski definition) is 2. The first kappa shape index (κ1) is 15.4. The highest BCUT2D eigenvalue weighted by molar-refractivity contribution is 6.06. The van der Waals surface area contributed by atoms with Gasteiger partial charge in [0.2, 0.25) is 11.9 Å². The Labute approximate surface area is 147 Å². The van der Waals surface area contributed by atoms with Crippen LogP contribution >= 0.6 is 0 Å². The number of H-pyrrole nitrogens is 1. The second-order valence-electron chi connectivity index (χ2n) is 5.67. The van der Waals surface area contributed by atoms with E-state index in [4.69, 9.17) is 14.9 Å². The summed E-state index contributed by atoms with van der Waals surface area (Å²) in [5.74, 6) is 0.210. The van der Waals surface area contributed by atoms with E-state index in [9.17, 15) is 4.79 Å². The lowest BCUT2D eigenvalue weighted by molar-refractivity contribution is -0.115. The Morgan fingerprint density at radius 3 is 2.77 bits per heavy atom. The van der Waals surface area contributed by atoms with Crippen LogP contribution in [-0.4, -0.2) is 15.9 Å². The number of fused-ring (bicyclic) bond motifs is 3. The van der Waals surface area contributed by atoms with Crippen molar-refractivity contribution >= 4 is 33.6 Å². The van der Waals surface area contributed by atoms with Crippen LogP contribution in [0.3, 0.4) is 0 Å². The van der Waals surface area contributed by atoms with Crippen LogP contribution in [0.4, 0.5) is 5.95 Å². The number of aromatic nitrogens is 2. The Hall–Kier alpha value is -4.10. The lowest BCUT2D eigenvalue weighted by Gasteiger charge is -1.98. The topological polar surface area (TPSA) is 118 Å². The molecule has 1 amide bonds. The van der Waals surface area contributed by atoms with Gasteiger partial charge in [-0.3, -0.25) is 10.1 Å². The molecule has 0 bridgehead atoms. The van der Waals surface area contributed by atoms with Crippen molar-refractivity contribution in [3.63, 3.8) is 0 Å². The summed E-state index contributed by atoms with van der Waals surface area (Å²) in [5.41, 5.74) is 0.666. The van der Waals surface area contributed by atoms with Gasteiger partial charge in [0.05, 0.1) is 6.42 Å². The van der Waals surface area contributed by atoms with E-state index in [-0.39, 0.29) is 29.7 Å². The molecule has 0 aliphatic rings. The summed E-state index contributed by atoms with van der Waals surface area (Å²) in [5, 5.41) is 23.4. The second-order valence-corrected chi connectivity index (χ2v) is 5.67. The summed E-state index contributed by atoms with van der Waals surface area (Å²) in [7, 11) is 0. The molecule has 0 atom stereocenters. The average Bonchev–Trinajstić information content (AvgIpc) is 3.24. The van der Waals surface area contributed by atoms with Crippen molar-refractivity contribution in [2.75, 3.05) is 5.32 Å². The Balaban J connectivity index is 1.58. The maximum Gasteiger partial charge on any atom is 0.234 e. The number of nitrogens with zero attached hydrogens (tertiary/aromatic N) is 3. The molecule has 0 aliphatic heterocycles. The van der Waals surface area contributed by atoms with Crippen molar-refractivity contribution in [3.8, 4) is 12.1 Å². The summed E-state index contributed by atoms with van der Waals surface area (Å²) in [6.45, 7) is 0. The molecule has 0 fully saturated rings. The van der Waals surface area contributed by atoms with Gasteiger partial charge in [0.25, 0.3) is 0 Å². The molecule has 2 aromatic carbocycles. The predicted octanol–water partition coefficient (Wildman–Crippen LogP) is 3.23. The van der Waals surface area contributed by atoms with E-state index in [0.717, 1.165) is 16.2 Å². The standard InChI is InChI=1S/C19H11N5O2/c20-9-15-16(10-21)23-19(22-15)24-18(25)8-12-7-14-13-4-2-1-3-11(13)5-6-17(14)26-12/h1-7H,8H2,(H2,22,23,24,25). The molecule has 2 N–H and O–H groups in total. The van der Waals surface area contributed by atoms with E-state index >= 15 is 0 Å². The zero-order chi connectivity index (χ0) is 18.1. The van der Waals surface area contributed by atoms with Gasteiger partial charge in [0.15, 0.2) is 11.4 Å². The third kappa shape index (κ3) is 2.64. The van der Waals surface area contributed by atoms with Gasteiger partial charge in [-0.1, -0.05) is 30.3 Å². The van der Waals surface area contributed by atoms with Crippen LogP contribution < -0.4 is 5.32 Å². The molecule has 0 aliphatic carbocycles. The first-order chi connectivity index (χ1) is 12.7. The van der Waals surface area contributed by atoms with Crippen LogP contribution in [-0.2, 0) is 11.2 Å². The minimum atomic E-state index is -0.365. The van der Waals surface area contributed by atoms with Crippen LogP contribution in [0.15, 0.2) is 46.9 Å². The molecule has 0 saturated heterocycles. The highest BCUT2D eigenvalue weighted by Crippen LogP contribution is 2.28. The molecule has 7 nitrogen and oxygen atoms in total. The van der Waals surface area contributed by atoms with Crippen LogP contribution in [0.2, 0.25) is 0 Å². The van der Waals surface area contributed by atoms with E-state index in [0.29, 0.717) is 11.3 Å². The molecule has 26 heavy (non-hydrogen) atoms. The zero-order valence-corrected chi connectivity index (χ0v) is 13.4. The predicted molar refractivity (Wildman–Crippen MR) is 94.1 cm³/mol. The van der Waals surface area contributed by atoms with Crippen molar-refractivity contribution < 1.29 is 9.21 Å². The van der Waals surface area contributed by atoms with Gasteiger partial charge in [0, 0.05) is 5.39 Å². The number of amides is 1. The van der Waals surface area contributed by atoms with Crippen molar-refractivity contribution in [1.82, 2.24) is 9.97 Å². The number of nitrogens with one attached hydrogen (secondary N) is 2. The van der Waals surface area contributed by atoms with Gasteiger partial charge in [-0.05, 0) is 22.9 Å². The molecular formula is C19H11N5O2. The molecule has 2 heterocycles. The monoisotopic (exact) mass is 341 g/mol. The summed E-state index contributed by atoms with van der Waals surface area (Å²) in [6.07, 6.45) is 0.00742. The van der Waals surface area contributed by atoms with Crippen LogP contribution in [0.25, 0.3) is 21.7 Å². The highest BCUT2D eigenvalue weighted by Gasteiger charge is 2.14. The Kier molecular flexibility index (Phi) is 3.61. The molecule has 0 saturated carbocycles. The summed E-state index contributed by atoms with van der Waals surface area (Å²) in [4.78, 5) is 18.7. The maximum absolute atomic E-state index is 12.2. The number of imidazole rings is 1. The Bertz CT molecular complexity index is 1210. The van der Waals surface area contributed by atoms with Crippen LogP contribution in [0.5, 0.6) is 0 Å². The molecule has 4 rings (SSSR count). The fourth-order valence-electron chi connectivity index (χ4n) is 2.86. The first-order valence-electron chi connectivity index (χ1n) is 7.78. The van der Waals surface area contributed by atoms with Gasteiger partial charge < -0.3 is 9.40 Å². The second kappa shape index (κ2) is 6.08. The number of nitriles is 2. The quantitative estimate of drug-likeness (QED) is 0.593. The Morgan fingerprint density at radius 1 is 1.15 bits per heavy atom. The lowest BCUT2D eigenvalue weighted by Crippen LogP contribution is -2.15. The largest absolute Gasteiger partial charge is 0.461 e. The fourth-order valence-corrected chi connectivity index (χ4v) is 2.86. The number of furan rings is 1. The van der Waals surface area contributed by atoms with Gasteiger partial charge in [-0.2, -0.15) is 10.5 Å². The van der Waals surface area contributed by atoms with E-state index in [2.05, 4.69) is 15.3 Å². The molecule has 124 valence electrons. The number of hydrogen-bond acceptors (Lipinski definition) is 5. The van der Waals surface area contributed by atoms with Crippen LogP contribution in [0.1, 0.15) is 17.1 Å². The Morgan fingerprint density at radius 2 is 2.00 bits per heavy atom. The lowest BCUT2D eigenvalue weighted by atomic mass is 10.1. The van der Waals surface area contributed by atoms with E-state index in [1.807, 2.05) is 48.5 Å². The minimum absolute atomic E-state index is 0.00742. The molecule has 0 spiro atoms. The SMILES string of the molecule is N#Cc1nc(NC(=O)Cc2cc3c(ccc4ccccc43)o2)[nH]c1C#N. The van der Waals surface area contributed by atoms with Crippen LogP contribution in [0, 0.1) is 22.7 Å². The van der Waals surface area contributed by atoms with Gasteiger partial charge in [0.1, 0.15) is 23.5 Å². The van der Waals surface area contributed by atoms with Crippen molar-refractivity contribution in [2.24, 2.45) is 0 Å². The maximum atomic E-state index is 12.2. The third-order valence-electron chi connectivity index (χ3n) is 3.99. The average molecular weight is 341 g/mol. The number of aromatic amines is 1. The van der Waals surface area contributed by atoms with Gasteiger partial charge in [-0.15, -0.1) is 0 Å². The highest BCUT2D eigenvalue weighted by atomic mass is 16.3. The number of carbonyl (C=O) groups is 1. The number of carbonyl (C=O) groups excluding carboxylic acids is 1. The van der Waals surface area contributed by atoms with E-state index in [1.165, 1.54) is 0 Å². The normalized spacial score (nSPS) is 10.5. The molecule has 2 aromatic heterocycles.